The monoisotopic (exact) mass is 403 g/mol. The Morgan fingerprint density at radius 2 is 1.88 bits per heavy atom. The highest BCUT2D eigenvalue weighted by Crippen LogP contribution is 2.32. The van der Waals surface area contributed by atoms with Gasteiger partial charge in [0.2, 0.25) is 5.60 Å². The molecule has 0 aliphatic rings. The van der Waals surface area contributed by atoms with Gasteiger partial charge in [-0.2, -0.15) is 13.2 Å². The van der Waals surface area contributed by atoms with Gasteiger partial charge in [-0.15, -0.1) is 0 Å². The quantitative estimate of drug-likeness (QED) is 0.722. The lowest BCUT2D eigenvalue weighted by Gasteiger charge is -2.25. The second kappa shape index (κ2) is 7.18. The Kier molecular flexibility index (Phi) is 6.09. The van der Waals surface area contributed by atoms with Crippen molar-refractivity contribution in [1.82, 2.24) is 0 Å². The van der Waals surface area contributed by atoms with E-state index in [0.29, 0.717) is 0 Å². The molecule has 0 fully saturated rings. The Balaban J connectivity index is 3.08. The highest BCUT2D eigenvalue weighted by molar-refractivity contribution is 7.92. The summed E-state index contributed by atoms with van der Waals surface area (Å²) in [6.07, 6.45) is -5.23. The first-order valence-electron chi connectivity index (χ1n) is 6.42. The normalized spacial score (nSPS) is 14.5. The number of methoxy groups -OCH3 is 1. The number of esters is 1. The van der Waals surface area contributed by atoms with E-state index in [-0.39, 0.29) is 12.6 Å². The summed E-state index contributed by atoms with van der Waals surface area (Å²) in [5, 5.41) is 10.6. The average Bonchev–Trinajstić information content (AvgIpc) is 2.47. The van der Waals surface area contributed by atoms with E-state index in [1.807, 2.05) is 0 Å². The van der Waals surface area contributed by atoms with E-state index >= 15 is 0 Å². The lowest BCUT2D eigenvalue weighted by Crippen LogP contribution is -2.52. The molecule has 1 unspecified atom stereocenters. The molecule has 0 heterocycles. The number of anilines is 1. The summed E-state index contributed by atoms with van der Waals surface area (Å²) in [5.41, 5.74) is -4.03. The van der Waals surface area contributed by atoms with Crippen LogP contribution in [0.25, 0.3) is 0 Å². The maximum absolute atomic E-state index is 12.6. The van der Waals surface area contributed by atoms with Crippen molar-refractivity contribution in [2.75, 3.05) is 18.2 Å². The number of rotatable bonds is 5. The molecule has 0 radical (unpaired) electrons. The Labute approximate surface area is 145 Å². The van der Waals surface area contributed by atoms with Crippen molar-refractivity contribution in [3.63, 3.8) is 0 Å². The van der Waals surface area contributed by atoms with Crippen LogP contribution >= 0.6 is 11.6 Å². The minimum Gasteiger partial charge on any atom is -0.468 e. The van der Waals surface area contributed by atoms with Gasteiger partial charge in [0.1, 0.15) is 0 Å². The first-order valence-corrected chi connectivity index (χ1v) is 8.45. The number of benzene rings is 1. The molecular weight excluding hydrogens is 391 g/mol. The number of alkyl halides is 3. The summed E-state index contributed by atoms with van der Waals surface area (Å²) in [6.45, 7) is 0.255. The van der Waals surface area contributed by atoms with Gasteiger partial charge in [-0.25, -0.2) is 8.42 Å². The van der Waals surface area contributed by atoms with E-state index in [1.54, 1.807) is 5.32 Å². The first kappa shape index (κ1) is 21.2. The summed E-state index contributed by atoms with van der Waals surface area (Å²) < 4.78 is 65.9. The van der Waals surface area contributed by atoms with Crippen LogP contribution < -0.4 is 5.32 Å². The van der Waals surface area contributed by atoms with Gasteiger partial charge in [-0.05, 0) is 25.1 Å². The van der Waals surface area contributed by atoms with Gasteiger partial charge in [0, 0.05) is 0 Å². The van der Waals surface area contributed by atoms with E-state index in [2.05, 4.69) is 4.74 Å². The summed E-state index contributed by atoms with van der Waals surface area (Å²) in [4.78, 5) is 22.3. The lowest BCUT2D eigenvalue weighted by atomic mass is 10.1. The molecule has 0 saturated carbocycles. The molecular formula is C13H13ClF3NO6S. The predicted octanol–water partition coefficient (Wildman–Crippen LogP) is 1.54. The smallest absolute Gasteiger partial charge is 0.426 e. The van der Waals surface area contributed by atoms with Gasteiger partial charge in [0.15, 0.2) is 15.6 Å². The molecule has 0 aliphatic carbocycles. The minimum absolute atomic E-state index is 0.255. The number of carbonyl (C=O) groups is 2. The van der Waals surface area contributed by atoms with Crippen molar-refractivity contribution in [3.05, 3.63) is 23.2 Å². The second-order valence-corrected chi connectivity index (χ2v) is 7.40. The molecule has 0 saturated heterocycles. The van der Waals surface area contributed by atoms with Crippen LogP contribution in [0.3, 0.4) is 0 Å². The van der Waals surface area contributed by atoms with E-state index in [1.165, 1.54) is 0 Å². The van der Waals surface area contributed by atoms with Gasteiger partial charge in [-0.3, -0.25) is 9.59 Å². The van der Waals surface area contributed by atoms with Crippen LogP contribution in [-0.4, -0.2) is 50.0 Å². The zero-order chi connectivity index (χ0) is 19.6. The predicted molar refractivity (Wildman–Crippen MR) is 80.8 cm³/mol. The molecule has 12 heteroatoms. The van der Waals surface area contributed by atoms with Crippen molar-refractivity contribution in [2.45, 2.75) is 23.6 Å². The number of nitrogens with one attached hydrogen (secondary N) is 1. The largest absolute Gasteiger partial charge is 0.468 e. The van der Waals surface area contributed by atoms with Crippen molar-refractivity contribution in [3.8, 4) is 0 Å². The number of aliphatic hydroxyl groups is 1. The van der Waals surface area contributed by atoms with Crippen LogP contribution in [-0.2, 0) is 24.2 Å². The summed E-state index contributed by atoms with van der Waals surface area (Å²) in [7, 11) is -3.10. The van der Waals surface area contributed by atoms with Crippen molar-refractivity contribution in [2.24, 2.45) is 0 Å². The Hall–Kier alpha value is -1.85. The molecule has 7 nitrogen and oxygen atoms in total. The highest BCUT2D eigenvalue weighted by Gasteiger charge is 2.55. The third-order valence-electron chi connectivity index (χ3n) is 3.08. The Bertz CT molecular complexity index is 791. The van der Waals surface area contributed by atoms with Crippen molar-refractivity contribution >= 4 is 39.0 Å². The van der Waals surface area contributed by atoms with Crippen LogP contribution in [0.2, 0.25) is 5.02 Å². The van der Waals surface area contributed by atoms with Crippen LogP contribution in [0.15, 0.2) is 23.1 Å². The fraction of sp³-hybridized carbons (Fsp3) is 0.385. The molecule has 0 aliphatic heterocycles. The molecule has 0 bridgehead atoms. The lowest BCUT2D eigenvalue weighted by molar-refractivity contribution is -0.242. The Morgan fingerprint density at radius 3 is 2.32 bits per heavy atom. The SMILES string of the molecule is COC(=O)CS(=O)(=O)c1ccc(NC(=O)C(C)(O)C(F)(F)F)c(Cl)c1. The maximum Gasteiger partial charge on any atom is 0.426 e. The fourth-order valence-corrected chi connectivity index (χ4v) is 2.92. The fourth-order valence-electron chi connectivity index (χ4n) is 1.46. The maximum atomic E-state index is 12.6. The van der Waals surface area contributed by atoms with E-state index in [4.69, 9.17) is 11.6 Å². The zero-order valence-corrected chi connectivity index (χ0v) is 14.4. The van der Waals surface area contributed by atoms with Crippen molar-refractivity contribution in [1.29, 1.82) is 0 Å². The summed E-state index contributed by atoms with van der Waals surface area (Å²) in [5.74, 6) is -3.78. The summed E-state index contributed by atoms with van der Waals surface area (Å²) >= 11 is 5.76. The third kappa shape index (κ3) is 4.83. The molecule has 25 heavy (non-hydrogen) atoms. The Morgan fingerprint density at radius 1 is 1.32 bits per heavy atom. The molecule has 1 atom stereocenters. The minimum atomic E-state index is -5.23. The molecule has 2 N–H and O–H groups in total. The van der Waals surface area contributed by atoms with Crippen molar-refractivity contribution < 1.29 is 41.0 Å². The number of carbonyl (C=O) groups excluding carboxylic acids is 2. The summed E-state index contributed by atoms with van der Waals surface area (Å²) in [6, 6.07) is 2.71. The van der Waals surface area contributed by atoms with Gasteiger partial charge in [-0.1, -0.05) is 11.6 Å². The molecule has 1 aromatic rings. The molecule has 0 aromatic heterocycles. The van der Waals surface area contributed by atoms with Gasteiger partial charge < -0.3 is 15.2 Å². The number of hydrogen-bond acceptors (Lipinski definition) is 6. The topological polar surface area (TPSA) is 110 Å². The third-order valence-corrected chi connectivity index (χ3v) is 4.98. The standard InChI is InChI=1S/C13H13ClF3NO6S/c1-12(21,13(15,16)17)11(20)18-9-4-3-7(5-8(9)14)25(22,23)6-10(19)24-2/h3-5,21H,6H2,1-2H3,(H,18,20). The second-order valence-electron chi connectivity index (χ2n) is 5.00. The molecule has 1 rings (SSSR count). The zero-order valence-electron chi connectivity index (χ0n) is 12.8. The van der Waals surface area contributed by atoms with Crippen LogP contribution in [0, 0.1) is 0 Å². The van der Waals surface area contributed by atoms with Crippen LogP contribution in [0.4, 0.5) is 18.9 Å². The number of ether oxygens (including phenoxy) is 1. The number of amides is 1. The first-order chi connectivity index (χ1) is 11.2. The highest BCUT2D eigenvalue weighted by atomic mass is 35.5. The van der Waals surface area contributed by atoms with E-state index < -0.39 is 49.2 Å². The van der Waals surface area contributed by atoms with Gasteiger partial charge in [0.25, 0.3) is 5.91 Å². The van der Waals surface area contributed by atoms with Crippen LogP contribution in [0.1, 0.15) is 6.92 Å². The average molecular weight is 404 g/mol. The number of hydrogen-bond donors (Lipinski definition) is 2. The molecule has 140 valence electrons. The molecule has 1 aromatic carbocycles. The number of sulfone groups is 1. The number of halogens is 4. The molecule has 1 amide bonds. The van der Waals surface area contributed by atoms with E-state index in [0.717, 1.165) is 25.3 Å². The van der Waals surface area contributed by atoms with Gasteiger partial charge in [0.05, 0.1) is 22.7 Å². The van der Waals surface area contributed by atoms with E-state index in [9.17, 15) is 36.3 Å². The molecule has 0 spiro atoms. The van der Waals surface area contributed by atoms with Gasteiger partial charge >= 0.3 is 12.1 Å². The van der Waals surface area contributed by atoms with Crippen LogP contribution in [0.5, 0.6) is 0 Å².